The maximum absolute atomic E-state index is 12.6. The minimum Gasteiger partial charge on any atom is -0.481 e. The molecule has 7 unspecified atom stereocenters. The van der Waals surface area contributed by atoms with Crippen LogP contribution in [0.4, 0.5) is 0 Å². The van der Waals surface area contributed by atoms with Gasteiger partial charge in [-0.25, -0.2) is 0 Å². The van der Waals surface area contributed by atoms with Crippen LogP contribution in [0.3, 0.4) is 0 Å². The Morgan fingerprint density at radius 2 is 1.38 bits per heavy atom. The van der Waals surface area contributed by atoms with E-state index in [1.807, 2.05) is 6.92 Å². The molecule has 0 aromatic carbocycles. The summed E-state index contributed by atoms with van der Waals surface area (Å²) in [5.74, 6) is 1.58. The molecule has 4 nitrogen and oxygen atoms in total. The molecule has 0 aromatic rings. The Morgan fingerprint density at radius 3 is 2.00 bits per heavy atom. The topological polar surface area (TPSA) is 63.6 Å². The lowest BCUT2D eigenvalue weighted by molar-refractivity contribution is -0.181. The second-order valence-electron chi connectivity index (χ2n) is 15.3. The molecular weight excluding hydrogens is 496 g/mol. The van der Waals surface area contributed by atoms with Gasteiger partial charge in [0.25, 0.3) is 0 Å². The molecule has 0 amide bonds. The molecule has 0 aromatic heterocycles. The lowest BCUT2D eigenvalue weighted by atomic mass is 9.41. The van der Waals surface area contributed by atoms with E-state index in [9.17, 15) is 14.7 Å². The molecule has 7 atom stereocenters. The van der Waals surface area contributed by atoms with E-state index in [2.05, 4.69) is 13.8 Å². The highest BCUT2D eigenvalue weighted by molar-refractivity contribution is 5.75. The maximum Gasteiger partial charge on any atom is 0.309 e. The average molecular weight is 559 g/mol. The van der Waals surface area contributed by atoms with Crippen molar-refractivity contribution in [3.63, 3.8) is 0 Å². The summed E-state index contributed by atoms with van der Waals surface area (Å²) in [6.07, 6.45) is 28.0. The monoisotopic (exact) mass is 558 g/mol. The Labute approximate surface area is 246 Å². The highest BCUT2D eigenvalue weighted by Gasteiger charge is 2.65. The van der Waals surface area contributed by atoms with Crippen molar-refractivity contribution in [2.45, 2.75) is 168 Å². The third kappa shape index (κ3) is 7.11. The number of carboxylic acid groups (broad SMARTS) is 1. The van der Waals surface area contributed by atoms with Crippen molar-refractivity contribution in [2.75, 3.05) is 6.61 Å². The van der Waals surface area contributed by atoms with E-state index in [1.54, 1.807) is 0 Å². The van der Waals surface area contributed by atoms with Gasteiger partial charge >= 0.3 is 11.9 Å². The summed E-state index contributed by atoms with van der Waals surface area (Å²) in [5.41, 5.74) is -0.0575. The van der Waals surface area contributed by atoms with E-state index in [-0.39, 0.29) is 11.4 Å². The third-order valence-corrected chi connectivity index (χ3v) is 12.7. The van der Waals surface area contributed by atoms with E-state index >= 15 is 0 Å². The molecule has 1 N–H and O–H groups in total. The van der Waals surface area contributed by atoms with Crippen molar-refractivity contribution in [3.05, 3.63) is 0 Å². The van der Waals surface area contributed by atoms with E-state index in [1.165, 1.54) is 109 Å². The second kappa shape index (κ2) is 14.4. The largest absolute Gasteiger partial charge is 0.481 e. The van der Waals surface area contributed by atoms with Crippen LogP contribution in [-0.4, -0.2) is 23.7 Å². The van der Waals surface area contributed by atoms with Gasteiger partial charge in [-0.3, -0.25) is 9.59 Å². The van der Waals surface area contributed by atoms with Crippen LogP contribution in [0, 0.1) is 39.9 Å². The third-order valence-electron chi connectivity index (χ3n) is 12.7. The van der Waals surface area contributed by atoms with Gasteiger partial charge in [-0.15, -0.1) is 0 Å². The molecule has 2 bridgehead atoms. The van der Waals surface area contributed by atoms with Crippen LogP contribution in [0.5, 0.6) is 0 Å². The minimum atomic E-state index is -0.576. The molecule has 4 aliphatic rings. The molecule has 230 valence electrons. The molecule has 0 heterocycles. The fraction of sp³-hybridized carbons (Fsp3) is 0.944. The van der Waals surface area contributed by atoms with Gasteiger partial charge in [0.15, 0.2) is 0 Å². The van der Waals surface area contributed by atoms with Crippen molar-refractivity contribution in [1.82, 2.24) is 0 Å². The molecule has 4 rings (SSSR count). The molecule has 0 aliphatic heterocycles. The number of ether oxygens (including phenoxy) is 1. The van der Waals surface area contributed by atoms with Crippen molar-refractivity contribution >= 4 is 11.9 Å². The Hall–Kier alpha value is -1.06. The molecule has 4 heteroatoms. The van der Waals surface area contributed by atoms with Crippen molar-refractivity contribution in [1.29, 1.82) is 0 Å². The predicted octanol–water partition coefficient (Wildman–Crippen LogP) is 10.1. The molecule has 4 fully saturated rings. The van der Waals surface area contributed by atoms with E-state index in [0.717, 1.165) is 32.1 Å². The van der Waals surface area contributed by atoms with Gasteiger partial charge in [0.05, 0.1) is 12.0 Å². The molecule has 1 spiro atoms. The van der Waals surface area contributed by atoms with E-state index < -0.39 is 11.4 Å². The maximum atomic E-state index is 12.6. The lowest BCUT2D eigenvalue weighted by Gasteiger charge is -2.63. The SMILES string of the molecule is CCCCCCCCCCCCCCCC(=O)OCC1CC23CCC4C(C)(C(=O)O)CCCC4(C)C2CCC1C3. The molecular formula is C36H62O4. The van der Waals surface area contributed by atoms with Crippen LogP contribution >= 0.6 is 0 Å². The summed E-state index contributed by atoms with van der Waals surface area (Å²) in [4.78, 5) is 24.9. The van der Waals surface area contributed by atoms with Crippen LogP contribution in [0.15, 0.2) is 0 Å². The normalized spacial score (nSPS) is 36.6. The van der Waals surface area contributed by atoms with Crippen LogP contribution in [-0.2, 0) is 14.3 Å². The van der Waals surface area contributed by atoms with Gasteiger partial charge in [-0.05, 0) is 99.2 Å². The number of fused-ring (bicyclic) bond motifs is 3. The number of rotatable bonds is 17. The number of carboxylic acids is 1. The quantitative estimate of drug-likeness (QED) is 0.142. The minimum absolute atomic E-state index is 0.0127. The number of esters is 1. The second-order valence-corrected chi connectivity index (χ2v) is 15.3. The summed E-state index contributed by atoms with van der Waals surface area (Å²) in [5, 5.41) is 10.2. The number of aliphatic carboxylic acids is 1. The van der Waals surface area contributed by atoms with Gasteiger partial charge in [0, 0.05) is 6.42 Å². The summed E-state index contributed by atoms with van der Waals surface area (Å²) in [6, 6.07) is 0. The van der Waals surface area contributed by atoms with E-state index in [0.29, 0.717) is 42.1 Å². The fourth-order valence-electron chi connectivity index (χ4n) is 10.6. The predicted molar refractivity (Wildman–Crippen MR) is 163 cm³/mol. The first-order valence-corrected chi connectivity index (χ1v) is 17.6. The van der Waals surface area contributed by atoms with Crippen molar-refractivity contribution in [3.8, 4) is 0 Å². The number of hydrogen-bond donors (Lipinski definition) is 1. The van der Waals surface area contributed by atoms with Crippen molar-refractivity contribution in [2.24, 2.45) is 39.9 Å². The standard InChI is InChI=1S/C36H62O4/c1-4-5-6-7-8-9-10-11-12-13-14-15-16-18-32(37)40-27-29-26-36-24-21-30-34(2,31(36)20-19-28(29)25-36)22-17-23-35(30,3)33(38)39/h28-31H,4-27H2,1-3H3,(H,38,39). The number of carbonyl (C=O) groups excluding carboxylic acids is 1. The van der Waals surface area contributed by atoms with Gasteiger partial charge in [-0.2, -0.15) is 0 Å². The average Bonchev–Trinajstić information content (AvgIpc) is 3.18. The molecule has 0 saturated heterocycles. The van der Waals surface area contributed by atoms with Gasteiger partial charge < -0.3 is 9.84 Å². The van der Waals surface area contributed by atoms with Crippen molar-refractivity contribution < 1.29 is 19.4 Å². The van der Waals surface area contributed by atoms with Crippen LogP contribution in [0.1, 0.15) is 168 Å². The summed E-state index contributed by atoms with van der Waals surface area (Å²) < 4.78 is 5.90. The smallest absolute Gasteiger partial charge is 0.309 e. The Morgan fingerprint density at radius 1 is 0.750 bits per heavy atom. The summed E-state index contributed by atoms with van der Waals surface area (Å²) in [7, 11) is 0. The lowest BCUT2D eigenvalue weighted by Crippen LogP contribution is -2.58. The zero-order valence-electron chi connectivity index (χ0n) is 26.5. The Kier molecular flexibility index (Phi) is 11.5. The van der Waals surface area contributed by atoms with Gasteiger partial charge in [0.1, 0.15) is 0 Å². The molecule has 40 heavy (non-hydrogen) atoms. The first-order chi connectivity index (χ1) is 19.2. The zero-order valence-corrected chi connectivity index (χ0v) is 26.5. The first-order valence-electron chi connectivity index (χ1n) is 17.6. The van der Waals surface area contributed by atoms with Gasteiger partial charge in [-0.1, -0.05) is 97.3 Å². The summed E-state index contributed by atoms with van der Waals surface area (Å²) >= 11 is 0. The zero-order chi connectivity index (χ0) is 28.6. The highest BCUT2D eigenvalue weighted by atomic mass is 16.5. The van der Waals surface area contributed by atoms with Crippen LogP contribution in [0.25, 0.3) is 0 Å². The summed E-state index contributed by atoms with van der Waals surface area (Å²) in [6.45, 7) is 7.38. The highest BCUT2D eigenvalue weighted by Crippen LogP contribution is 2.72. The van der Waals surface area contributed by atoms with Gasteiger partial charge in [0.2, 0.25) is 0 Å². The number of hydrogen-bond acceptors (Lipinski definition) is 3. The molecule has 0 radical (unpaired) electrons. The molecule has 4 saturated carbocycles. The molecule has 4 aliphatic carbocycles. The Balaban J connectivity index is 1.12. The number of carbonyl (C=O) groups is 2. The Bertz CT molecular complexity index is 824. The van der Waals surface area contributed by atoms with Crippen LogP contribution in [0.2, 0.25) is 0 Å². The number of unbranched alkanes of at least 4 members (excludes halogenated alkanes) is 12. The first kappa shape index (κ1) is 31.9. The fourth-order valence-corrected chi connectivity index (χ4v) is 10.6. The van der Waals surface area contributed by atoms with Crippen LogP contribution < -0.4 is 0 Å². The van der Waals surface area contributed by atoms with E-state index in [4.69, 9.17) is 4.74 Å².